The topological polar surface area (TPSA) is 45.1 Å². The Hall–Kier alpha value is -3.51. The van der Waals surface area contributed by atoms with Crippen molar-refractivity contribution in [2.45, 2.75) is 0 Å². The summed E-state index contributed by atoms with van der Waals surface area (Å²) in [5.74, 6) is 0.681. The number of para-hydroxylation sites is 1. The Kier molecular flexibility index (Phi) is 6.09. The predicted molar refractivity (Wildman–Crippen MR) is 130 cm³/mol. The molecule has 5 nitrogen and oxygen atoms in total. The average molecular weight is 430 g/mol. The van der Waals surface area contributed by atoms with Gasteiger partial charge in [0.15, 0.2) is 5.17 Å². The van der Waals surface area contributed by atoms with Gasteiger partial charge in [-0.2, -0.15) is 0 Å². The summed E-state index contributed by atoms with van der Waals surface area (Å²) < 4.78 is 5.22. The number of hydrogen-bond acceptors (Lipinski definition) is 5. The molecule has 0 N–H and O–H groups in total. The Bertz CT molecular complexity index is 1120. The third-order valence-electron chi connectivity index (χ3n) is 4.83. The van der Waals surface area contributed by atoms with Crippen LogP contribution < -0.4 is 14.5 Å². The molecule has 0 radical (unpaired) electrons. The number of carbonyl (C=O) groups is 1. The lowest BCUT2D eigenvalue weighted by molar-refractivity contribution is -0.113. The van der Waals surface area contributed by atoms with E-state index in [9.17, 15) is 4.79 Å². The van der Waals surface area contributed by atoms with Crippen LogP contribution in [0.25, 0.3) is 6.08 Å². The monoisotopic (exact) mass is 429 g/mol. The summed E-state index contributed by atoms with van der Waals surface area (Å²) in [5, 5.41) is 0.623. The number of ether oxygens (including phenoxy) is 1. The Morgan fingerprint density at radius 3 is 2.23 bits per heavy atom. The van der Waals surface area contributed by atoms with Gasteiger partial charge in [0, 0.05) is 19.8 Å². The lowest BCUT2D eigenvalue weighted by Crippen LogP contribution is -2.28. The number of rotatable bonds is 5. The van der Waals surface area contributed by atoms with Gasteiger partial charge in [-0.1, -0.05) is 30.3 Å². The molecule has 0 atom stereocenters. The van der Waals surface area contributed by atoms with Crippen LogP contribution in [0, 0.1) is 0 Å². The maximum Gasteiger partial charge on any atom is 0.271 e. The van der Waals surface area contributed by atoms with Crippen molar-refractivity contribution in [3.63, 3.8) is 0 Å². The van der Waals surface area contributed by atoms with Gasteiger partial charge in [-0.25, -0.2) is 4.99 Å². The van der Waals surface area contributed by atoms with Crippen molar-refractivity contribution in [1.82, 2.24) is 0 Å². The molecule has 0 saturated carbocycles. The molecule has 0 spiro atoms. The van der Waals surface area contributed by atoms with Gasteiger partial charge in [-0.05, 0) is 71.9 Å². The Balaban J connectivity index is 1.70. The normalized spacial score (nSPS) is 16.2. The van der Waals surface area contributed by atoms with Crippen LogP contribution in [0.4, 0.5) is 17.1 Å². The third kappa shape index (κ3) is 4.64. The number of benzene rings is 3. The molecular formula is C25H23N3O2S. The van der Waals surface area contributed by atoms with Gasteiger partial charge >= 0.3 is 0 Å². The first kappa shape index (κ1) is 20.8. The van der Waals surface area contributed by atoms with E-state index in [4.69, 9.17) is 9.73 Å². The predicted octanol–water partition coefficient (Wildman–Crippen LogP) is 5.57. The molecule has 1 aliphatic rings. The van der Waals surface area contributed by atoms with Gasteiger partial charge in [-0.15, -0.1) is 0 Å². The molecule has 0 aromatic heterocycles. The van der Waals surface area contributed by atoms with E-state index in [0.29, 0.717) is 10.1 Å². The zero-order valence-electron chi connectivity index (χ0n) is 17.6. The summed E-state index contributed by atoms with van der Waals surface area (Å²) in [7, 11) is 5.64. The van der Waals surface area contributed by atoms with E-state index in [-0.39, 0.29) is 5.91 Å². The van der Waals surface area contributed by atoms with E-state index in [1.165, 1.54) is 11.8 Å². The molecule has 1 amide bonds. The third-order valence-corrected chi connectivity index (χ3v) is 5.79. The number of methoxy groups -OCH3 is 1. The van der Waals surface area contributed by atoms with E-state index in [2.05, 4.69) is 0 Å². The Labute approximate surface area is 186 Å². The number of aliphatic imine (C=N–C) groups is 1. The van der Waals surface area contributed by atoms with Crippen LogP contribution in [0.5, 0.6) is 5.75 Å². The average Bonchev–Trinajstić information content (AvgIpc) is 3.09. The zero-order valence-corrected chi connectivity index (χ0v) is 18.5. The highest BCUT2D eigenvalue weighted by atomic mass is 32.2. The highest BCUT2D eigenvalue weighted by molar-refractivity contribution is 8.19. The second-order valence-corrected chi connectivity index (χ2v) is 8.17. The maximum atomic E-state index is 13.3. The van der Waals surface area contributed by atoms with Crippen molar-refractivity contribution in [1.29, 1.82) is 0 Å². The summed E-state index contributed by atoms with van der Waals surface area (Å²) in [4.78, 5) is 22.4. The SMILES string of the molecule is COc1ccc(N=C2S/C(=C/c3ccc(N(C)C)cc3)C(=O)N2c2ccccc2)cc1. The molecule has 3 aromatic rings. The lowest BCUT2D eigenvalue weighted by Gasteiger charge is -2.15. The van der Waals surface area contributed by atoms with E-state index in [1.807, 2.05) is 104 Å². The molecule has 1 heterocycles. The number of carbonyl (C=O) groups excluding carboxylic acids is 1. The fraction of sp³-hybridized carbons (Fsp3) is 0.120. The van der Waals surface area contributed by atoms with Crippen LogP contribution in [0.2, 0.25) is 0 Å². The van der Waals surface area contributed by atoms with Crippen molar-refractivity contribution in [3.05, 3.63) is 89.3 Å². The van der Waals surface area contributed by atoms with Gasteiger partial charge in [-0.3, -0.25) is 9.69 Å². The van der Waals surface area contributed by atoms with E-state index < -0.39 is 0 Å². The summed E-state index contributed by atoms with van der Waals surface area (Å²) in [6.45, 7) is 0. The van der Waals surface area contributed by atoms with Gasteiger partial charge in [0.05, 0.1) is 23.4 Å². The van der Waals surface area contributed by atoms with E-state index in [0.717, 1.165) is 28.4 Å². The Morgan fingerprint density at radius 1 is 0.935 bits per heavy atom. The minimum atomic E-state index is -0.0832. The number of anilines is 2. The molecular weight excluding hydrogens is 406 g/mol. The van der Waals surface area contributed by atoms with Crippen LogP contribution in [-0.4, -0.2) is 32.3 Å². The van der Waals surface area contributed by atoms with Crippen molar-refractivity contribution in [3.8, 4) is 5.75 Å². The van der Waals surface area contributed by atoms with Crippen molar-refractivity contribution >= 4 is 46.0 Å². The first-order valence-electron chi connectivity index (χ1n) is 9.84. The maximum absolute atomic E-state index is 13.3. The molecule has 3 aromatic carbocycles. The van der Waals surface area contributed by atoms with Crippen molar-refractivity contribution in [2.24, 2.45) is 4.99 Å². The largest absolute Gasteiger partial charge is 0.497 e. The second kappa shape index (κ2) is 9.10. The van der Waals surface area contributed by atoms with Crippen LogP contribution in [0.3, 0.4) is 0 Å². The first-order chi connectivity index (χ1) is 15.0. The summed E-state index contributed by atoms with van der Waals surface area (Å²) in [6.07, 6.45) is 1.92. The molecule has 4 rings (SSSR count). The van der Waals surface area contributed by atoms with Crippen molar-refractivity contribution in [2.75, 3.05) is 31.0 Å². The number of thioether (sulfide) groups is 1. The summed E-state index contributed by atoms with van der Waals surface area (Å²) in [6, 6.07) is 25.2. The number of hydrogen-bond donors (Lipinski definition) is 0. The standard InChI is InChI=1S/C25H23N3O2S/c1-27(2)20-13-9-18(10-14-20)17-23-24(29)28(21-7-5-4-6-8-21)25(31-23)26-19-11-15-22(30-3)16-12-19/h4-17H,1-3H3/b23-17+,26-25?. The molecule has 156 valence electrons. The molecule has 0 unspecified atom stereocenters. The minimum absolute atomic E-state index is 0.0832. The molecule has 1 fully saturated rings. The van der Waals surface area contributed by atoms with Gasteiger partial charge in [0.25, 0.3) is 5.91 Å². The van der Waals surface area contributed by atoms with Crippen molar-refractivity contribution < 1.29 is 9.53 Å². The minimum Gasteiger partial charge on any atom is -0.497 e. The van der Waals surface area contributed by atoms with Crippen LogP contribution in [0.1, 0.15) is 5.56 Å². The molecule has 1 aliphatic heterocycles. The van der Waals surface area contributed by atoms with E-state index in [1.54, 1.807) is 12.0 Å². The number of nitrogens with zero attached hydrogens (tertiary/aromatic N) is 3. The highest BCUT2D eigenvalue weighted by Crippen LogP contribution is 2.37. The molecule has 1 saturated heterocycles. The van der Waals surface area contributed by atoms with Gasteiger partial charge in [0.1, 0.15) is 5.75 Å². The van der Waals surface area contributed by atoms with Crippen LogP contribution in [0.15, 0.2) is 88.8 Å². The summed E-state index contributed by atoms with van der Waals surface area (Å²) in [5.41, 5.74) is 3.63. The van der Waals surface area contributed by atoms with Gasteiger partial charge < -0.3 is 9.64 Å². The molecule has 31 heavy (non-hydrogen) atoms. The Morgan fingerprint density at radius 2 is 1.61 bits per heavy atom. The first-order valence-corrected chi connectivity index (χ1v) is 10.7. The summed E-state index contributed by atoms with van der Waals surface area (Å²) >= 11 is 1.38. The number of amides is 1. The fourth-order valence-electron chi connectivity index (χ4n) is 3.14. The lowest BCUT2D eigenvalue weighted by atomic mass is 10.2. The fourth-order valence-corrected chi connectivity index (χ4v) is 4.14. The molecule has 6 heteroatoms. The van der Waals surface area contributed by atoms with Crippen LogP contribution in [-0.2, 0) is 4.79 Å². The zero-order chi connectivity index (χ0) is 21.8. The smallest absolute Gasteiger partial charge is 0.271 e. The number of amidine groups is 1. The highest BCUT2D eigenvalue weighted by Gasteiger charge is 2.34. The van der Waals surface area contributed by atoms with Crippen LogP contribution >= 0.6 is 11.8 Å². The quantitative estimate of drug-likeness (QED) is 0.498. The molecule has 0 aliphatic carbocycles. The molecule has 0 bridgehead atoms. The second-order valence-electron chi connectivity index (χ2n) is 7.17. The van der Waals surface area contributed by atoms with E-state index >= 15 is 0 Å². The van der Waals surface area contributed by atoms with Gasteiger partial charge in [0.2, 0.25) is 0 Å².